The van der Waals surface area contributed by atoms with Gasteiger partial charge in [0.2, 0.25) is 5.91 Å². The van der Waals surface area contributed by atoms with Gasteiger partial charge in [-0.2, -0.15) is 0 Å². The fourth-order valence-electron chi connectivity index (χ4n) is 2.32. The summed E-state index contributed by atoms with van der Waals surface area (Å²) in [4.78, 5) is 16.3. The average Bonchev–Trinajstić information content (AvgIpc) is 3.06. The maximum Gasteiger partial charge on any atom is 0.224 e. The third-order valence-electron chi connectivity index (χ3n) is 3.56. The number of hydrogen-bond acceptors (Lipinski definition) is 4. The molecule has 2 N–H and O–H groups in total. The van der Waals surface area contributed by atoms with Crippen molar-refractivity contribution in [2.45, 2.75) is 19.8 Å². The van der Waals surface area contributed by atoms with E-state index >= 15 is 0 Å². The number of carbonyl (C=O) groups excluding carboxylic acids is 1. The number of aromatic hydroxyl groups is 1. The lowest BCUT2D eigenvalue weighted by molar-refractivity contribution is -0.116. The number of amides is 1. The largest absolute Gasteiger partial charge is 0.508 e. The molecule has 4 nitrogen and oxygen atoms in total. The van der Waals surface area contributed by atoms with Crippen LogP contribution in [0.1, 0.15) is 19.8 Å². The summed E-state index contributed by atoms with van der Waals surface area (Å²) in [6.45, 7) is 1.98. The number of phenols is 1. The molecule has 1 aromatic heterocycles. The van der Waals surface area contributed by atoms with E-state index in [1.54, 1.807) is 23.5 Å². The topological polar surface area (TPSA) is 62.2 Å². The normalized spacial score (nSPS) is 10.5. The number of nitrogens with one attached hydrogen (secondary N) is 1. The highest BCUT2D eigenvalue weighted by atomic mass is 32.1. The average molecular weight is 338 g/mol. The minimum absolute atomic E-state index is 0.0357. The van der Waals surface area contributed by atoms with Gasteiger partial charge in [0.25, 0.3) is 0 Å². The van der Waals surface area contributed by atoms with Crippen LogP contribution in [-0.4, -0.2) is 16.0 Å². The Morgan fingerprint density at radius 2 is 1.75 bits per heavy atom. The molecular weight excluding hydrogens is 320 g/mol. The van der Waals surface area contributed by atoms with E-state index in [0.29, 0.717) is 6.42 Å². The van der Waals surface area contributed by atoms with Crippen molar-refractivity contribution < 1.29 is 9.90 Å². The fourth-order valence-corrected chi connectivity index (χ4v) is 3.15. The van der Waals surface area contributed by atoms with Gasteiger partial charge in [0.05, 0.1) is 5.69 Å². The van der Waals surface area contributed by atoms with Crippen molar-refractivity contribution in [1.82, 2.24) is 4.98 Å². The van der Waals surface area contributed by atoms with Gasteiger partial charge in [0, 0.05) is 28.6 Å². The Morgan fingerprint density at radius 3 is 2.42 bits per heavy atom. The van der Waals surface area contributed by atoms with Gasteiger partial charge in [-0.1, -0.05) is 19.1 Å². The first kappa shape index (κ1) is 16.2. The van der Waals surface area contributed by atoms with Crippen molar-refractivity contribution in [3.8, 4) is 27.6 Å². The lowest BCUT2D eigenvalue weighted by atomic mass is 10.1. The monoisotopic (exact) mass is 338 g/mol. The van der Waals surface area contributed by atoms with E-state index in [0.717, 1.165) is 33.9 Å². The van der Waals surface area contributed by atoms with Crippen molar-refractivity contribution in [1.29, 1.82) is 0 Å². The third kappa shape index (κ3) is 3.81. The number of benzene rings is 2. The Hall–Kier alpha value is -2.66. The Morgan fingerprint density at radius 1 is 1.08 bits per heavy atom. The summed E-state index contributed by atoms with van der Waals surface area (Å²) < 4.78 is 0. The van der Waals surface area contributed by atoms with Crippen LogP contribution in [0.2, 0.25) is 0 Å². The number of nitrogens with zero attached hydrogens (tertiary/aromatic N) is 1. The molecule has 0 fully saturated rings. The molecule has 2 aromatic carbocycles. The molecule has 1 heterocycles. The van der Waals surface area contributed by atoms with E-state index in [4.69, 9.17) is 0 Å². The molecule has 0 radical (unpaired) electrons. The first-order valence-electron chi connectivity index (χ1n) is 7.81. The van der Waals surface area contributed by atoms with Gasteiger partial charge < -0.3 is 10.4 Å². The number of anilines is 1. The minimum atomic E-state index is 0.0357. The van der Waals surface area contributed by atoms with Crippen molar-refractivity contribution in [3.63, 3.8) is 0 Å². The number of rotatable bonds is 5. The second-order valence-electron chi connectivity index (χ2n) is 5.46. The maximum absolute atomic E-state index is 11.6. The summed E-state index contributed by atoms with van der Waals surface area (Å²) in [5.74, 6) is 0.282. The van der Waals surface area contributed by atoms with Crippen molar-refractivity contribution in [2.24, 2.45) is 0 Å². The van der Waals surface area contributed by atoms with Crippen LogP contribution in [0.25, 0.3) is 21.8 Å². The number of phenolic OH excluding ortho intramolecular Hbond substituents is 1. The molecule has 3 rings (SSSR count). The molecule has 0 saturated heterocycles. The molecule has 0 aliphatic carbocycles. The highest BCUT2D eigenvalue weighted by Gasteiger charge is 2.07. The highest BCUT2D eigenvalue weighted by Crippen LogP contribution is 2.30. The van der Waals surface area contributed by atoms with Gasteiger partial charge in [-0.25, -0.2) is 4.98 Å². The lowest BCUT2D eigenvalue weighted by Gasteiger charge is -2.05. The Labute approximate surface area is 144 Å². The molecule has 0 atom stereocenters. The van der Waals surface area contributed by atoms with Crippen LogP contribution >= 0.6 is 11.3 Å². The summed E-state index contributed by atoms with van der Waals surface area (Å²) in [6, 6.07) is 14.7. The van der Waals surface area contributed by atoms with Crippen molar-refractivity contribution >= 4 is 22.9 Å². The Bertz CT molecular complexity index is 823. The summed E-state index contributed by atoms with van der Waals surface area (Å²) in [7, 11) is 0. The second kappa shape index (κ2) is 7.27. The first-order valence-corrected chi connectivity index (χ1v) is 8.69. The van der Waals surface area contributed by atoms with Crippen LogP contribution < -0.4 is 5.32 Å². The van der Waals surface area contributed by atoms with Crippen LogP contribution in [0.4, 0.5) is 5.69 Å². The zero-order valence-corrected chi connectivity index (χ0v) is 14.1. The predicted octanol–water partition coefficient (Wildman–Crippen LogP) is 4.92. The van der Waals surface area contributed by atoms with Gasteiger partial charge >= 0.3 is 0 Å². The molecule has 0 aliphatic heterocycles. The van der Waals surface area contributed by atoms with Crippen LogP contribution in [0.5, 0.6) is 5.75 Å². The van der Waals surface area contributed by atoms with E-state index in [1.165, 1.54) is 0 Å². The van der Waals surface area contributed by atoms with E-state index in [9.17, 15) is 9.90 Å². The predicted molar refractivity (Wildman–Crippen MR) is 98.2 cm³/mol. The quantitative estimate of drug-likeness (QED) is 0.694. The lowest BCUT2D eigenvalue weighted by Crippen LogP contribution is -2.10. The molecule has 0 spiro atoms. The zero-order chi connectivity index (χ0) is 16.9. The molecule has 3 aromatic rings. The van der Waals surface area contributed by atoms with Crippen LogP contribution in [-0.2, 0) is 4.79 Å². The van der Waals surface area contributed by atoms with Crippen LogP contribution in [0.3, 0.4) is 0 Å². The number of thiazole rings is 1. The maximum atomic E-state index is 11.6. The summed E-state index contributed by atoms with van der Waals surface area (Å²) in [5, 5.41) is 15.2. The van der Waals surface area contributed by atoms with Crippen LogP contribution in [0, 0.1) is 0 Å². The number of carbonyl (C=O) groups is 1. The molecular formula is C19H18N2O2S. The van der Waals surface area contributed by atoms with Crippen molar-refractivity contribution in [2.75, 3.05) is 5.32 Å². The van der Waals surface area contributed by atoms with E-state index in [1.807, 2.05) is 48.7 Å². The first-order chi connectivity index (χ1) is 11.7. The zero-order valence-electron chi connectivity index (χ0n) is 13.3. The number of hydrogen-bond donors (Lipinski definition) is 2. The minimum Gasteiger partial charge on any atom is -0.508 e. The molecule has 0 unspecified atom stereocenters. The Balaban J connectivity index is 1.75. The molecule has 24 heavy (non-hydrogen) atoms. The van der Waals surface area contributed by atoms with E-state index < -0.39 is 0 Å². The van der Waals surface area contributed by atoms with E-state index in [-0.39, 0.29) is 11.7 Å². The molecule has 1 amide bonds. The molecule has 122 valence electrons. The van der Waals surface area contributed by atoms with Gasteiger partial charge in [-0.05, 0) is 42.8 Å². The molecule has 0 bridgehead atoms. The van der Waals surface area contributed by atoms with Gasteiger partial charge in [0.1, 0.15) is 10.8 Å². The number of aromatic nitrogens is 1. The van der Waals surface area contributed by atoms with Gasteiger partial charge in [-0.3, -0.25) is 4.79 Å². The van der Waals surface area contributed by atoms with Crippen LogP contribution in [0.15, 0.2) is 53.9 Å². The second-order valence-corrected chi connectivity index (χ2v) is 6.32. The molecule has 0 aliphatic rings. The smallest absolute Gasteiger partial charge is 0.224 e. The fraction of sp³-hybridized carbons (Fsp3) is 0.158. The molecule has 5 heteroatoms. The van der Waals surface area contributed by atoms with E-state index in [2.05, 4.69) is 10.3 Å². The summed E-state index contributed by atoms with van der Waals surface area (Å²) in [6.07, 6.45) is 1.37. The summed E-state index contributed by atoms with van der Waals surface area (Å²) in [5.41, 5.74) is 3.68. The SMILES string of the molecule is CCCC(=O)Nc1ccc(-c2csc(-c3ccc(O)cc3)n2)cc1. The van der Waals surface area contributed by atoms with Crippen molar-refractivity contribution in [3.05, 3.63) is 53.9 Å². The third-order valence-corrected chi connectivity index (χ3v) is 4.45. The van der Waals surface area contributed by atoms with Gasteiger partial charge in [0.15, 0.2) is 0 Å². The Kier molecular flexibility index (Phi) is 4.91. The summed E-state index contributed by atoms with van der Waals surface area (Å²) >= 11 is 1.56. The van der Waals surface area contributed by atoms with Gasteiger partial charge in [-0.15, -0.1) is 11.3 Å². The molecule has 0 saturated carbocycles. The highest BCUT2D eigenvalue weighted by molar-refractivity contribution is 7.13. The standard InChI is InChI=1S/C19H18N2O2S/c1-2-3-18(23)20-15-8-4-13(5-9-15)17-12-24-19(21-17)14-6-10-16(22)11-7-14/h4-12,22H,2-3H2,1H3,(H,20,23).